The van der Waals surface area contributed by atoms with E-state index in [4.69, 9.17) is 21.0 Å². The summed E-state index contributed by atoms with van der Waals surface area (Å²) in [6.07, 6.45) is 6.14. The van der Waals surface area contributed by atoms with Crippen LogP contribution in [-0.2, 0) is 11.3 Å². The number of benzene rings is 1. The molecular formula is C28H39BrClN3O2. The molecule has 0 radical (unpaired) electrons. The van der Waals surface area contributed by atoms with Gasteiger partial charge >= 0.3 is 0 Å². The lowest BCUT2D eigenvalue weighted by atomic mass is 9.89. The van der Waals surface area contributed by atoms with E-state index in [9.17, 15) is 4.79 Å². The highest BCUT2D eigenvalue weighted by atomic mass is 79.9. The van der Waals surface area contributed by atoms with Crippen molar-refractivity contribution >= 4 is 33.3 Å². The van der Waals surface area contributed by atoms with Crippen LogP contribution in [0, 0.1) is 24.7 Å². The van der Waals surface area contributed by atoms with Gasteiger partial charge in [0.25, 0.3) is 0 Å². The van der Waals surface area contributed by atoms with Crippen LogP contribution in [0.5, 0.6) is 0 Å². The third-order valence-corrected chi connectivity index (χ3v) is 8.55. The molecule has 2 aliphatic heterocycles. The Balaban J connectivity index is 1.20. The standard InChI is InChI=1S/C28H39BrClN3O2/c1-19-15-20(2)17-33(16-19)12-5-4-9-26(34)22-10-13-32(14-11-22)18-25-21(3)35-28(31-25)27-23(29)7-6-8-24(27)30/h6-8,19-20,22H,4-5,9-18H2,1-3H3/t19-,20+. The summed E-state index contributed by atoms with van der Waals surface area (Å²) in [5.41, 5.74) is 1.73. The molecule has 35 heavy (non-hydrogen) atoms. The van der Waals surface area contributed by atoms with Crippen LogP contribution in [0.25, 0.3) is 11.5 Å². The first-order chi connectivity index (χ1) is 16.8. The molecule has 2 aromatic rings. The molecule has 2 saturated heterocycles. The van der Waals surface area contributed by atoms with Crippen molar-refractivity contribution in [3.05, 3.63) is 39.1 Å². The number of unbranched alkanes of at least 4 members (excludes halogenated alkanes) is 1. The Morgan fingerprint density at radius 3 is 2.54 bits per heavy atom. The lowest BCUT2D eigenvalue weighted by molar-refractivity contribution is -0.124. The first kappa shape index (κ1) is 26.8. The number of piperidine rings is 2. The number of hydrogen-bond donors (Lipinski definition) is 0. The summed E-state index contributed by atoms with van der Waals surface area (Å²) in [7, 11) is 0. The first-order valence-corrected chi connectivity index (χ1v) is 14.3. The molecule has 7 heteroatoms. The second kappa shape index (κ2) is 12.4. The third-order valence-electron chi connectivity index (χ3n) is 7.58. The van der Waals surface area contributed by atoms with E-state index in [2.05, 4.69) is 39.6 Å². The Bertz CT molecular complexity index is 972. The summed E-state index contributed by atoms with van der Waals surface area (Å²) < 4.78 is 6.84. The van der Waals surface area contributed by atoms with Crippen molar-refractivity contribution in [2.45, 2.75) is 65.8 Å². The number of aromatic nitrogens is 1. The van der Waals surface area contributed by atoms with Gasteiger partial charge in [0.1, 0.15) is 11.5 Å². The zero-order valence-electron chi connectivity index (χ0n) is 21.4. The monoisotopic (exact) mass is 563 g/mol. The van der Waals surface area contributed by atoms with Crippen molar-refractivity contribution in [2.75, 3.05) is 32.7 Å². The number of carbonyl (C=O) groups excluding carboxylic acids is 1. The fourth-order valence-electron chi connectivity index (χ4n) is 5.82. The van der Waals surface area contributed by atoms with Crippen molar-refractivity contribution in [1.29, 1.82) is 0 Å². The minimum absolute atomic E-state index is 0.217. The normalized spacial score (nSPS) is 22.5. The summed E-state index contributed by atoms with van der Waals surface area (Å²) in [6.45, 7) is 12.9. The SMILES string of the molecule is Cc1oc(-c2c(Cl)cccc2Br)nc1CN1CCC(C(=O)CCCCN2C[C@H](C)C[C@H](C)C2)CC1. The number of Topliss-reactive ketones (excluding diaryl/α,β-unsaturated/α-hetero) is 1. The number of rotatable bonds is 9. The van der Waals surface area contributed by atoms with Gasteiger partial charge in [-0.1, -0.05) is 31.5 Å². The fourth-order valence-corrected chi connectivity index (χ4v) is 6.73. The van der Waals surface area contributed by atoms with Gasteiger partial charge in [0.15, 0.2) is 0 Å². The van der Waals surface area contributed by atoms with Gasteiger partial charge in [0.2, 0.25) is 5.89 Å². The van der Waals surface area contributed by atoms with Crippen LogP contribution in [-0.4, -0.2) is 53.3 Å². The van der Waals surface area contributed by atoms with Gasteiger partial charge in [-0.05, 0) is 98.6 Å². The second-order valence-corrected chi connectivity index (χ2v) is 12.1. The van der Waals surface area contributed by atoms with Crippen molar-refractivity contribution < 1.29 is 9.21 Å². The van der Waals surface area contributed by atoms with Crippen molar-refractivity contribution in [3.8, 4) is 11.5 Å². The molecule has 0 unspecified atom stereocenters. The van der Waals surface area contributed by atoms with Crippen LogP contribution in [0.1, 0.15) is 63.8 Å². The molecule has 4 rings (SSSR count). The highest BCUT2D eigenvalue weighted by molar-refractivity contribution is 9.10. The predicted octanol–water partition coefficient (Wildman–Crippen LogP) is 7.00. The molecule has 0 saturated carbocycles. The quantitative estimate of drug-likeness (QED) is 0.307. The number of hydrogen-bond acceptors (Lipinski definition) is 5. The molecule has 0 amide bonds. The van der Waals surface area contributed by atoms with Gasteiger partial charge in [-0.2, -0.15) is 0 Å². The number of oxazole rings is 1. The number of carbonyl (C=O) groups is 1. The highest BCUT2D eigenvalue weighted by Gasteiger charge is 2.26. The van der Waals surface area contributed by atoms with E-state index in [1.807, 2.05) is 25.1 Å². The molecule has 1 aromatic heterocycles. The molecule has 2 aliphatic rings. The van der Waals surface area contributed by atoms with E-state index in [0.717, 1.165) is 91.6 Å². The molecule has 0 spiro atoms. The zero-order chi connectivity index (χ0) is 24.9. The van der Waals surface area contributed by atoms with Crippen LogP contribution in [0.4, 0.5) is 0 Å². The maximum atomic E-state index is 12.8. The lowest BCUT2D eigenvalue weighted by Gasteiger charge is -2.35. The summed E-state index contributed by atoms with van der Waals surface area (Å²) in [6, 6.07) is 5.68. The largest absolute Gasteiger partial charge is 0.441 e. The summed E-state index contributed by atoms with van der Waals surface area (Å²) in [5, 5.41) is 0.617. The van der Waals surface area contributed by atoms with E-state index in [0.29, 0.717) is 16.7 Å². The molecule has 192 valence electrons. The number of aryl methyl sites for hydroxylation is 1. The van der Waals surface area contributed by atoms with Crippen LogP contribution < -0.4 is 0 Å². The molecule has 5 nitrogen and oxygen atoms in total. The molecule has 0 aliphatic carbocycles. The molecule has 0 N–H and O–H groups in total. The minimum Gasteiger partial charge on any atom is -0.441 e. The Morgan fingerprint density at radius 1 is 1.14 bits per heavy atom. The third kappa shape index (κ3) is 7.18. The Hall–Kier alpha value is -1.21. The Kier molecular flexibility index (Phi) is 9.47. The number of ketones is 1. The van der Waals surface area contributed by atoms with Crippen molar-refractivity contribution in [1.82, 2.24) is 14.8 Å². The highest BCUT2D eigenvalue weighted by Crippen LogP contribution is 2.35. The number of halogens is 2. The van der Waals surface area contributed by atoms with E-state index < -0.39 is 0 Å². The average molecular weight is 565 g/mol. The van der Waals surface area contributed by atoms with E-state index >= 15 is 0 Å². The van der Waals surface area contributed by atoms with Gasteiger partial charge in [0, 0.05) is 36.4 Å². The minimum atomic E-state index is 0.217. The predicted molar refractivity (Wildman–Crippen MR) is 146 cm³/mol. The van der Waals surface area contributed by atoms with Gasteiger partial charge in [-0.15, -0.1) is 0 Å². The molecule has 1 aromatic carbocycles. The number of nitrogens with zero attached hydrogens (tertiary/aromatic N) is 3. The van der Waals surface area contributed by atoms with E-state index in [1.54, 1.807) is 0 Å². The fraction of sp³-hybridized carbons (Fsp3) is 0.643. The van der Waals surface area contributed by atoms with Crippen LogP contribution >= 0.6 is 27.5 Å². The second-order valence-electron chi connectivity index (χ2n) is 10.8. The summed E-state index contributed by atoms with van der Waals surface area (Å²) in [5.74, 6) is 3.66. The maximum Gasteiger partial charge on any atom is 0.229 e. The van der Waals surface area contributed by atoms with Crippen molar-refractivity contribution in [3.63, 3.8) is 0 Å². The van der Waals surface area contributed by atoms with Crippen LogP contribution in [0.3, 0.4) is 0 Å². The summed E-state index contributed by atoms with van der Waals surface area (Å²) in [4.78, 5) is 22.6. The molecule has 3 heterocycles. The molecule has 0 bridgehead atoms. The van der Waals surface area contributed by atoms with Gasteiger partial charge in [-0.25, -0.2) is 4.98 Å². The maximum absolute atomic E-state index is 12.8. The topological polar surface area (TPSA) is 49.6 Å². The van der Waals surface area contributed by atoms with E-state index in [-0.39, 0.29) is 5.92 Å². The average Bonchev–Trinajstić information content (AvgIpc) is 3.16. The van der Waals surface area contributed by atoms with Crippen molar-refractivity contribution in [2.24, 2.45) is 17.8 Å². The Morgan fingerprint density at radius 2 is 1.86 bits per heavy atom. The zero-order valence-corrected chi connectivity index (χ0v) is 23.7. The van der Waals surface area contributed by atoms with E-state index in [1.165, 1.54) is 19.5 Å². The van der Waals surface area contributed by atoms with Gasteiger partial charge < -0.3 is 9.32 Å². The van der Waals surface area contributed by atoms with Crippen LogP contribution in [0.15, 0.2) is 27.1 Å². The Labute approximate surface area is 223 Å². The smallest absolute Gasteiger partial charge is 0.229 e. The summed E-state index contributed by atoms with van der Waals surface area (Å²) >= 11 is 9.94. The van der Waals surface area contributed by atoms with Gasteiger partial charge in [-0.3, -0.25) is 9.69 Å². The lowest BCUT2D eigenvalue weighted by Crippen LogP contribution is -2.39. The number of likely N-dealkylation sites (tertiary alicyclic amines) is 2. The van der Waals surface area contributed by atoms with Gasteiger partial charge in [0.05, 0.1) is 16.3 Å². The molecule has 2 fully saturated rings. The van der Waals surface area contributed by atoms with Crippen LogP contribution in [0.2, 0.25) is 5.02 Å². The molecular weight excluding hydrogens is 526 g/mol. The molecule has 2 atom stereocenters. The first-order valence-electron chi connectivity index (χ1n) is 13.2.